The number of benzene rings is 1. The van der Waals surface area contributed by atoms with Gasteiger partial charge in [0.2, 0.25) is 0 Å². The van der Waals surface area contributed by atoms with Crippen LogP contribution in [0.5, 0.6) is 0 Å². The summed E-state index contributed by atoms with van der Waals surface area (Å²) in [6.07, 6.45) is 3.52. The fraction of sp³-hybridized carbons (Fsp3) is 0.438. The molecule has 0 aliphatic rings. The number of ether oxygens (including phenoxy) is 1. The predicted octanol–water partition coefficient (Wildman–Crippen LogP) is 4.34. The van der Waals surface area contributed by atoms with Crippen LogP contribution in [0.4, 0.5) is 4.79 Å². The van der Waals surface area contributed by atoms with E-state index < -0.39 is 11.7 Å². The molecule has 1 aromatic carbocycles. The van der Waals surface area contributed by atoms with Crippen LogP contribution in [0, 0.1) is 0 Å². The second-order valence-corrected chi connectivity index (χ2v) is 6.63. The monoisotopic (exact) mass is 293 g/mol. The number of carbonyl (C=O) groups is 1. The predicted molar refractivity (Wildman–Crippen MR) is 86.1 cm³/mol. The highest BCUT2D eigenvalue weighted by atomic mass is 32.2. The molecular formula is C16H23NO2S. The smallest absolute Gasteiger partial charge is 0.407 e. The molecule has 0 aliphatic carbocycles. The Labute approximate surface area is 125 Å². The van der Waals surface area contributed by atoms with Crippen LogP contribution in [0.2, 0.25) is 0 Å². The Kier molecular flexibility index (Phi) is 6.65. The topological polar surface area (TPSA) is 38.3 Å². The number of hydrogen-bond acceptors (Lipinski definition) is 3. The lowest BCUT2D eigenvalue weighted by molar-refractivity contribution is 0.0534. The molecule has 0 bridgehead atoms. The summed E-state index contributed by atoms with van der Waals surface area (Å²) in [5.74, 6) is 1.06. The van der Waals surface area contributed by atoms with Crippen LogP contribution >= 0.6 is 11.8 Å². The number of hydrogen-bond donors (Lipinski definition) is 1. The van der Waals surface area contributed by atoms with Crippen molar-refractivity contribution in [2.24, 2.45) is 0 Å². The summed E-state index contributed by atoms with van der Waals surface area (Å²) in [6, 6.07) is 8.32. The highest BCUT2D eigenvalue weighted by molar-refractivity contribution is 7.99. The van der Waals surface area contributed by atoms with Gasteiger partial charge in [0.1, 0.15) is 5.60 Å². The SMILES string of the molecule is CCSc1cccc(C=CCNC(=O)OC(C)(C)C)c1. The minimum Gasteiger partial charge on any atom is -0.444 e. The number of carbonyl (C=O) groups excluding carboxylic acids is 1. The Morgan fingerprint density at radius 3 is 2.80 bits per heavy atom. The van der Waals surface area contributed by atoms with Crippen molar-refractivity contribution >= 4 is 23.9 Å². The summed E-state index contributed by atoms with van der Waals surface area (Å²) in [5, 5.41) is 2.70. The minimum absolute atomic E-state index is 0.391. The van der Waals surface area contributed by atoms with Gasteiger partial charge in [-0.2, -0.15) is 0 Å². The molecule has 0 atom stereocenters. The van der Waals surface area contributed by atoms with E-state index in [2.05, 4.69) is 24.4 Å². The first-order valence-electron chi connectivity index (χ1n) is 6.77. The van der Waals surface area contributed by atoms with Crippen molar-refractivity contribution in [3.8, 4) is 0 Å². The first-order chi connectivity index (χ1) is 9.40. The van der Waals surface area contributed by atoms with Crippen molar-refractivity contribution < 1.29 is 9.53 Å². The van der Waals surface area contributed by atoms with Gasteiger partial charge in [0.25, 0.3) is 0 Å². The van der Waals surface area contributed by atoms with Crippen molar-refractivity contribution in [3.05, 3.63) is 35.9 Å². The average Bonchev–Trinajstić information content (AvgIpc) is 2.33. The molecule has 0 fully saturated rings. The third kappa shape index (κ3) is 7.24. The van der Waals surface area contributed by atoms with Crippen LogP contribution in [0.3, 0.4) is 0 Å². The van der Waals surface area contributed by atoms with E-state index in [1.807, 2.05) is 56.8 Å². The van der Waals surface area contributed by atoms with E-state index in [1.165, 1.54) is 4.90 Å². The van der Waals surface area contributed by atoms with Crippen LogP contribution in [0.15, 0.2) is 35.2 Å². The Hall–Kier alpha value is -1.42. The zero-order valence-corrected chi connectivity index (χ0v) is 13.4. The van der Waals surface area contributed by atoms with Crippen LogP contribution < -0.4 is 5.32 Å². The van der Waals surface area contributed by atoms with Gasteiger partial charge in [-0.25, -0.2) is 4.79 Å². The van der Waals surface area contributed by atoms with Crippen LogP contribution in [0.1, 0.15) is 33.3 Å². The molecule has 0 spiro atoms. The highest BCUT2D eigenvalue weighted by Gasteiger charge is 2.14. The van der Waals surface area contributed by atoms with E-state index in [0.717, 1.165) is 11.3 Å². The molecule has 0 heterocycles. The molecule has 1 rings (SSSR count). The zero-order valence-electron chi connectivity index (χ0n) is 12.6. The lowest BCUT2D eigenvalue weighted by Crippen LogP contribution is -2.32. The van der Waals surface area contributed by atoms with Gasteiger partial charge >= 0.3 is 6.09 Å². The van der Waals surface area contributed by atoms with Crippen LogP contribution in [-0.4, -0.2) is 24.0 Å². The summed E-state index contributed by atoms with van der Waals surface area (Å²) in [4.78, 5) is 12.7. The van der Waals surface area contributed by atoms with Gasteiger partial charge in [-0.3, -0.25) is 0 Å². The average molecular weight is 293 g/mol. The van der Waals surface area contributed by atoms with Gasteiger partial charge < -0.3 is 10.1 Å². The van der Waals surface area contributed by atoms with E-state index in [0.29, 0.717) is 6.54 Å². The molecular weight excluding hydrogens is 270 g/mol. The molecule has 0 aliphatic heterocycles. The third-order valence-corrected chi connectivity index (χ3v) is 3.12. The minimum atomic E-state index is -0.459. The Morgan fingerprint density at radius 2 is 2.15 bits per heavy atom. The van der Waals surface area contributed by atoms with Crippen molar-refractivity contribution in [2.45, 2.75) is 38.2 Å². The summed E-state index contributed by atoms with van der Waals surface area (Å²) in [5.41, 5.74) is 0.675. The molecule has 1 aromatic rings. The van der Waals surface area contributed by atoms with Gasteiger partial charge in [0.15, 0.2) is 0 Å². The first-order valence-corrected chi connectivity index (χ1v) is 7.75. The molecule has 0 radical (unpaired) electrons. The largest absolute Gasteiger partial charge is 0.444 e. The lowest BCUT2D eigenvalue weighted by Gasteiger charge is -2.19. The Morgan fingerprint density at radius 1 is 1.40 bits per heavy atom. The van der Waals surface area contributed by atoms with Gasteiger partial charge in [0.05, 0.1) is 0 Å². The summed E-state index contributed by atoms with van der Waals surface area (Å²) < 4.78 is 5.15. The van der Waals surface area contributed by atoms with E-state index in [4.69, 9.17) is 4.74 Å². The molecule has 0 saturated heterocycles. The molecule has 0 aromatic heterocycles. The zero-order chi connectivity index (χ0) is 15.0. The molecule has 1 N–H and O–H groups in total. The van der Waals surface area contributed by atoms with Crippen molar-refractivity contribution in [2.75, 3.05) is 12.3 Å². The molecule has 0 saturated carbocycles. The summed E-state index contributed by atoms with van der Waals surface area (Å²) in [6.45, 7) is 8.13. The fourth-order valence-corrected chi connectivity index (χ4v) is 2.25. The Bertz CT molecular complexity index is 464. The van der Waals surface area contributed by atoms with Crippen molar-refractivity contribution in [3.63, 3.8) is 0 Å². The number of thioether (sulfide) groups is 1. The highest BCUT2D eigenvalue weighted by Crippen LogP contribution is 2.19. The van der Waals surface area contributed by atoms with Crippen LogP contribution in [0.25, 0.3) is 6.08 Å². The van der Waals surface area contributed by atoms with E-state index in [9.17, 15) is 4.79 Å². The molecule has 110 valence electrons. The van der Waals surface area contributed by atoms with Gasteiger partial charge in [-0.05, 0) is 44.2 Å². The maximum atomic E-state index is 11.4. The number of amides is 1. The Balaban J connectivity index is 2.41. The van der Waals surface area contributed by atoms with Crippen molar-refractivity contribution in [1.82, 2.24) is 5.32 Å². The maximum Gasteiger partial charge on any atom is 0.407 e. The standard InChI is InChI=1S/C16H23NO2S/c1-5-20-14-10-6-8-13(12-14)9-7-11-17-15(18)19-16(2,3)4/h6-10,12H,5,11H2,1-4H3,(H,17,18). The molecule has 4 heteroatoms. The number of nitrogens with one attached hydrogen (secondary N) is 1. The summed E-state index contributed by atoms with van der Waals surface area (Å²) >= 11 is 1.82. The second kappa shape index (κ2) is 8.00. The first kappa shape index (κ1) is 16.6. The van der Waals surface area contributed by atoms with E-state index in [1.54, 1.807) is 0 Å². The molecule has 3 nitrogen and oxygen atoms in total. The summed E-state index contributed by atoms with van der Waals surface area (Å²) in [7, 11) is 0. The molecule has 1 amide bonds. The van der Waals surface area contributed by atoms with Crippen molar-refractivity contribution in [1.29, 1.82) is 0 Å². The van der Waals surface area contributed by atoms with Gasteiger partial charge in [0, 0.05) is 11.4 Å². The second-order valence-electron chi connectivity index (χ2n) is 5.29. The van der Waals surface area contributed by atoms with Gasteiger partial charge in [-0.1, -0.05) is 31.2 Å². The van der Waals surface area contributed by atoms with E-state index >= 15 is 0 Å². The van der Waals surface area contributed by atoms with E-state index in [-0.39, 0.29) is 0 Å². The molecule has 0 unspecified atom stereocenters. The number of alkyl carbamates (subject to hydrolysis) is 1. The maximum absolute atomic E-state index is 11.4. The lowest BCUT2D eigenvalue weighted by atomic mass is 10.2. The fourth-order valence-electron chi connectivity index (χ4n) is 1.53. The third-order valence-electron chi connectivity index (χ3n) is 2.24. The normalized spacial score (nSPS) is 11.6. The van der Waals surface area contributed by atoms with Crippen LogP contribution in [-0.2, 0) is 4.74 Å². The van der Waals surface area contributed by atoms with Gasteiger partial charge in [-0.15, -0.1) is 11.8 Å². The quantitative estimate of drug-likeness (QED) is 0.821. The molecule has 20 heavy (non-hydrogen) atoms. The number of rotatable bonds is 5.